The molecule has 0 unspecified atom stereocenters. The Labute approximate surface area is 71.0 Å². The van der Waals surface area contributed by atoms with Crippen molar-refractivity contribution in [1.29, 1.82) is 0 Å². The van der Waals surface area contributed by atoms with Gasteiger partial charge in [0.15, 0.2) is 5.82 Å². The highest BCUT2D eigenvalue weighted by Crippen LogP contribution is 2.18. The molecule has 2 rings (SSSR count). The topological polar surface area (TPSA) is 68.8 Å². The van der Waals surface area contributed by atoms with Gasteiger partial charge in [0, 0.05) is 13.1 Å². The van der Waals surface area contributed by atoms with E-state index in [2.05, 4.69) is 15.4 Å². The molecule has 0 aliphatic heterocycles. The number of aryl methyl sites for hydroxylation is 1. The number of nitrogen functional groups attached to an aromatic ring is 1. The van der Waals surface area contributed by atoms with Crippen molar-refractivity contribution in [1.82, 2.24) is 20.1 Å². The van der Waals surface area contributed by atoms with Gasteiger partial charge in [-0.3, -0.25) is 0 Å². The maximum atomic E-state index is 5.52. The summed E-state index contributed by atoms with van der Waals surface area (Å²) in [6.07, 6.45) is 2.56. The number of hydrogen-bond donors (Lipinski definition) is 2. The Morgan fingerprint density at radius 3 is 2.92 bits per heavy atom. The molecular formula is C7H13N5. The van der Waals surface area contributed by atoms with Crippen LogP contribution in [0.4, 0.5) is 5.95 Å². The van der Waals surface area contributed by atoms with Crippen LogP contribution in [-0.4, -0.2) is 20.8 Å². The van der Waals surface area contributed by atoms with E-state index in [4.69, 9.17) is 5.73 Å². The van der Waals surface area contributed by atoms with Crippen LogP contribution in [0, 0.1) is 0 Å². The molecule has 12 heavy (non-hydrogen) atoms. The molecule has 1 aliphatic carbocycles. The van der Waals surface area contributed by atoms with E-state index < -0.39 is 0 Å². The molecule has 0 atom stereocenters. The monoisotopic (exact) mass is 167 g/mol. The number of nitrogens with zero attached hydrogens (tertiary/aromatic N) is 3. The van der Waals surface area contributed by atoms with Gasteiger partial charge in [0.2, 0.25) is 5.95 Å². The molecule has 1 aliphatic rings. The standard InChI is InChI=1S/C7H13N5/c1-12-7(8)10-6(11-12)4-9-5-2-3-5/h5,9H,2-4H2,1H3,(H2,8,10,11). The number of rotatable bonds is 3. The fraction of sp³-hybridized carbons (Fsp3) is 0.714. The van der Waals surface area contributed by atoms with Gasteiger partial charge in [-0.25, -0.2) is 4.68 Å². The SMILES string of the molecule is Cn1nc(CNC2CC2)nc1N. The van der Waals surface area contributed by atoms with Crippen LogP contribution in [0.3, 0.4) is 0 Å². The first kappa shape index (κ1) is 7.54. The fourth-order valence-corrected chi connectivity index (χ4v) is 1.05. The minimum absolute atomic E-state index is 0.475. The Morgan fingerprint density at radius 2 is 2.42 bits per heavy atom. The average Bonchev–Trinajstić information content (AvgIpc) is 2.78. The molecule has 3 N–H and O–H groups in total. The first-order valence-electron chi connectivity index (χ1n) is 4.14. The Morgan fingerprint density at radius 1 is 1.67 bits per heavy atom. The first-order valence-corrected chi connectivity index (χ1v) is 4.14. The van der Waals surface area contributed by atoms with E-state index in [0.717, 1.165) is 12.4 Å². The van der Waals surface area contributed by atoms with E-state index in [1.807, 2.05) is 0 Å². The first-order chi connectivity index (χ1) is 5.75. The molecule has 5 nitrogen and oxygen atoms in total. The summed E-state index contributed by atoms with van der Waals surface area (Å²) >= 11 is 0. The molecule has 0 saturated heterocycles. The van der Waals surface area contributed by atoms with Crippen molar-refractivity contribution in [2.75, 3.05) is 5.73 Å². The highest BCUT2D eigenvalue weighted by Gasteiger charge is 2.20. The van der Waals surface area contributed by atoms with Gasteiger partial charge in [-0.1, -0.05) is 0 Å². The number of nitrogens with one attached hydrogen (secondary N) is 1. The predicted molar refractivity (Wildman–Crippen MR) is 45.3 cm³/mol. The smallest absolute Gasteiger partial charge is 0.218 e. The van der Waals surface area contributed by atoms with Crippen molar-refractivity contribution in [3.05, 3.63) is 5.82 Å². The van der Waals surface area contributed by atoms with Crippen LogP contribution in [0.5, 0.6) is 0 Å². The maximum Gasteiger partial charge on any atom is 0.218 e. The number of hydrogen-bond acceptors (Lipinski definition) is 4. The van der Waals surface area contributed by atoms with E-state index in [9.17, 15) is 0 Å². The molecule has 1 saturated carbocycles. The van der Waals surface area contributed by atoms with Crippen molar-refractivity contribution in [2.24, 2.45) is 7.05 Å². The molecule has 5 heteroatoms. The van der Waals surface area contributed by atoms with Crippen LogP contribution >= 0.6 is 0 Å². The molecule has 66 valence electrons. The number of anilines is 1. The van der Waals surface area contributed by atoms with Crippen LogP contribution < -0.4 is 11.1 Å². The lowest BCUT2D eigenvalue weighted by Gasteiger charge is -1.95. The lowest BCUT2D eigenvalue weighted by Crippen LogP contribution is -2.16. The summed E-state index contributed by atoms with van der Waals surface area (Å²) < 4.78 is 1.59. The molecular weight excluding hydrogens is 154 g/mol. The predicted octanol–water partition coefficient (Wildman–Crippen LogP) is -0.351. The summed E-state index contributed by atoms with van der Waals surface area (Å²) in [7, 11) is 1.79. The maximum absolute atomic E-state index is 5.52. The van der Waals surface area contributed by atoms with Crippen molar-refractivity contribution in [3.63, 3.8) is 0 Å². The Hall–Kier alpha value is -1.10. The summed E-state index contributed by atoms with van der Waals surface area (Å²) in [6, 6.07) is 0.690. The molecule has 0 radical (unpaired) electrons. The quantitative estimate of drug-likeness (QED) is 0.645. The minimum Gasteiger partial charge on any atom is -0.368 e. The van der Waals surface area contributed by atoms with E-state index in [1.54, 1.807) is 11.7 Å². The third-order valence-corrected chi connectivity index (χ3v) is 1.97. The number of nitrogens with two attached hydrogens (primary N) is 1. The van der Waals surface area contributed by atoms with E-state index in [-0.39, 0.29) is 0 Å². The molecule has 1 aromatic rings. The van der Waals surface area contributed by atoms with Gasteiger partial charge in [-0.15, -0.1) is 0 Å². The van der Waals surface area contributed by atoms with Gasteiger partial charge >= 0.3 is 0 Å². The molecule has 0 amide bonds. The Balaban J connectivity index is 1.93. The second-order valence-corrected chi connectivity index (χ2v) is 3.17. The summed E-state index contributed by atoms with van der Waals surface area (Å²) in [5.41, 5.74) is 5.52. The number of aromatic nitrogens is 3. The van der Waals surface area contributed by atoms with Crippen LogP contribution in [0.15, 0.2) is 0 Å². The van der Waals surface area contributed by atoms with Gasteiger partial charge < -0.3 is 11.1 Å². The van der Waals surface area contributed by atoms with Crippen molar-refractivity contribution >= 4 is 5.95 Å². The second kappa shape index (κ2) is 2.75. The normalized spacial score (nSPS) is 16.8. The summed E-state index contributed by atoms with van der Waals surface area (Å²) in [6.45, 7) is 0.732. The van der Waals surface area contributed by atoms with Crippen molar-refractivity contribution in [3.8, 4) is 0 Å². The van der Waals surface area contributed by atoms with Crippen LogP contribution in [0.25, 0.3) is 0 Å². The van der Waals surface area contributed by atoms with Crippen LogP contribution in [-0.2, 0) is 13.6 Å². The van der Waals surface area contributed by atoms with Gasteiger partial charge in [0.05, 0.1) is 6.54 Å². The lowest BCUT2D eigenvalue weighted by atomic mass is 10.5. The average molecular weight is 167 g/mol. The van der Waals surface area contributed by atoms with Crippen molar-refractivity contribution < 1.29 is 0 Å². The van der Waals surface area contributed by atoms with Crippen molar-refractivity contribution in [2.45, 2.75) is 25.4 Å². The highest BCUT2D eigenvalue weighted by atomic mass is 15.4. The van der Waals surface area contributed by atoms with Crippen LogP contribution in [0.2, 0.25) is 0 Å². The zero-order valence-electron chi connectivity index (χ0n) is 7.12. The van der Waals surface area contributed by atoms with Gasteiger partial charge in [0.1, 0.15) is 0 Å². The minimum atomic E-state index is 0.475. The molecule has 0 spiro atoms. The van der Waals surface area contributed by atoms with Gasteiger partial charge in [0.25, 0.3) is 0 Å². The Kier molecular flexibility index (Phi) is 1.73. The highest BCUT2D eigenvalue weighted by molar-refractivity contribution is 5.15. The summed E-state index contributed by atoms with van der Waals surface area (Å²) in [5, 5.41) is 7.45. The summed E-state index contributed by atoms with van der Waals surface area (Å²) in [4.78, 5) is 4.08. The Bertz CT molecular complexity index is 256. The third kappa shape index (κ3) is 1.55. The van der Waals surface area contributed by atoms with Crippen LogP contribution in [0.1, 0.15) is 18.7 Å². The molecule has 0 aromatic carbocycles. The van der Waals surface area contributed by atoms with E-state index in [1.165, 1.54) is 12.8 Å². The second-order valence-electron chi connectivity index (χ2n) is 3.17. The lowest BCUT2D eigenvalue weighted by molar-refractivity contribution is 0.646. The van der Waals surface area contributed by atoms with E-state index >= 15 is 0 Å². The third-order valence-electron chi connectivity index (χ3n) is 1.97. The van der Waals surface area contributed by atoms with E-state index in [0.29, 0.717) is 12.0 Å². The largest absolute Gasteiger partial charge is 0.368 e. The zero-order valence-corrected chi connectivity index (χ0v) is 7.12. The van der Waals surface area contributed by atoms with Gasteiger partial charge in [-0.05, 0) is 12.8 Å². The molecule has 1 fully saturated rings. The summed E-state index contributed by atoms with van der Waals surface area (Å²) in [5.74, 6) is 1.25. The molecule has 0 bridgehead atoms. The fourth-order valence-electron chi connectivity index (χ4n) is 1.05. The zero-order chi connectivity index (χ0) is 8.55. The van der Waals surface area contributed by atoms with Gasteiger partial charge in [-0.2, -0.15) is 10.1 Å². The molecule has 1 heterocycles. The molecule has 1 aromatic heterocycles.